The van der Waals surface area contributed by atoms with Crippen LogP contribution in [0.5, 0.6) is 5.75 Å². The maximum Gasteiger partial charge on any atom is 0.198 e. The molecule has 0 radical (unpaired) electrons. The van der Waals surface area contributed by atoms with Gasteiger partial charge in [-0.3, -0.25) is 0 Å². The number of rotatable bonds is 3. The minimum Gasteiger partial charge on any atom is -0.496 e. The molecule has 0 aliphatic carbocycles. The largest absolute Gasteiger partial charge is 0.496 e. The van der Waals surface area contributed by atoms with E-state index in [0.717, 1.165) is 17.7 Å². The Morgan fingerprint density at radius 2 is 2.00 bits per heavy atom. The van der Waals surface area contributed by atoms with Crippen molar-refractivity contribution in [3.8, 4) is 5.75 Å². The van der Waals surface area contributed by atoms with Gasteiger partial charge in [-0.15, -0.1) is 0 Å². The molecule has 0 saturated carbocycles. The first-order valence-corrected chi connectivity index (χ1v) is 5.65. The zero-order chi connectivity index (χ0) is 11.6. The Balaban J connectivity index is 2.47. The molecule has 0 N–H and O–H groups in total. The summed E-state index contributed by atoms with van der Waals surface area (Å²) in [6.07, 6.45) is 0.785. The van der Waals surface area contributed by atoms with Gasteiger partial charge in [-0.25, -0.2) is 0 Å². The number of aryl methyl sites for hydroxylation is 1. The second-order valence-corrected chi connectivity index (χ2v) is 4.01. The predicted molar refractivity (Wildman–Crippen MR) is 61.6 cm³/mol. The molecule has 1 aromatic rings. The third kappa shape index (κ3) is 1.81. The topological polar surface area (TPSA) is 27.7 Å². The van der Waals surface area contributed by atoms with Crippen LogP contribution in [0.15, 0.2) is 18.2 Å². The Morgan fingerprint density at radius 3 is 2.56 bits per heavy atom. The van der Waals surface area contributed by atoms with Crippen LogP contribution in [-0.4, -0.2) is 20.3 Å². The highest BCUT2D eigenvalue weighted by Crippen LogP contribution is 2.40. The van der Waals surface area contributed by atoms with Gasteiger partial charge < -0.3 is 14.2 Å². The maximum absolute atomic E-state index is 5.77. The fraction of sp³-hybridized carbons (Fsp3) is 0.538. The van der Waals surface area contributed by atoms with Gasteiger partial charge in [0.05, 0.1) is 25.9 Å². The Bertz CT molecular complexity index is 367. The molecule has 1 aliphatic rings. The molecule has 1 aliphatic heterocycles. The highest BCUT2D eigenvalue weighted by atomic mass is 16.7. The van der Waals surface area contributed by atoms with E-state index in [1.54, 1.807) is 7.11 Å². The van der Waals surface area contributed by atoms with Crippen molar-refractivity contribution < 1.29 is 14.2 Å². The van der Waals surface area contributed by atoms with Crippen LogP contribution in [0.25, 0.3) is 0 Å². The first kappa shape index (κ1) is 11.4. The van der Waals surface area contributed by atoms with Gasteiger partial charge in [0.25, 0.3) is 0 Å². The molecule has 0 amide bonds. The summed E-state index contributed by atoms with van der Waals surface area (Å²) in [6, 6.07) is 6.07. The van der Waals surface area contributed by atoms with Crippen LogP contribution in [0.2, 0.25) is 0 Å². The molecule has 3 nitrogen and oxygen atoms in total. The molecular formula is C13H18O3. The summed E-state index contributed by atoms with van der Waals surface area (Å²) in [5.74, 6) is 0.214. The van der Waals surface area contributed by atoms with Gasteiger partial charge in [0.1, 0.15) is 5.75 Å². The van der Waals surface area contributed by atoms with Crippen molar-refractivity contribution in [3.05, 3.63) is 29.3 Å². The first-order valence-electron chi connectivity index (χ1n) is 5.65. The average molecular weight is 222 g/mol. The molecule has 0 spiro atoms. The summed E-state index contributed by atoms with van der Waals surface area (Å²) < 4.78 is 16.9. The zero-order valence-electron chi connectivity index (χ0n) is 10.1. The summed E-state index contributed by atoms with van der Waals surface area (Å²) in [5.41, 5.74) is 2.18. The van der Waals surface area contributed by atoms with Crippen LogP contribution in [0.3, 0.4) is 0 Å². The summed E-state index contributed by atoms with van der Waals surface area (Å²) >= 11 is 0. The molecule has 0 unspecified atom stereocenters. The lowest BCUT2D eigenvalue weighted by atomic mass is 10.00. The molecule has 16 heavy (non-hydrogen) atoms. The molecule has 2 rings (SSSR count). The molecule has 88 valence electrons. The first-order chi connectivity index (χ1) is 7.72. The molecule has 1 saturated heterocycles. The van der Waals surface area contributed by atoms with E-state index in [1.807, 2.05) is 12.1 Å². The van der Waals surface area contributed by atoms with Crippen LogP contribution >= 0.6 is 0 Å². The van der Waals surface area contributed by atoms with Gasteiger partial charge in [0, 0.05) is 6.42 Å². The van der Waals surface area contributed by atoms with E-state index in [-0.39, 0.29) is 0 Å². The number of hydrogen-bond acceptors (Lipinski definition) is 3. The SMILES string of the molecule is CCC1(c2cc(C)ccc2OC)OCCO1. The van der Waals surface area contributed by atoms with Gasteiger partial charge in [-0.2, -0.15) is 0 Å². The van der Waals surface area contributed by atoms with Crippen molar-refractivity contribution in [3.63, 3.8) is 0 Å². The smallest absolute Gasteiger partial charge is 0.198 e. The molecule has 1 aromatic carbocycles. The van der Waals surface area contributed by atoms with Crippen molar-refractivity contribution in [2.45, 2.75) is 26.1 Å². The van der Waals surface area contributed by atoms with E-state index in [9.17, 15) is 0 Å². The zero-order valence-corrected chi connectivity index (χ0v) is 10.1. The minimum atomic E-state index is -0.614. The van der Waals surface area contributed by atoms with Gasteiger partial charge in [0.2, 0.25) is 0 Å². The lowest BCUT2D eigenvalue weighted by Crippen LogP contribution is -2.26. The number of hydrogen-bond donors (Lipinski definition) is 0. The number of benzene rings is 1. The number of methoxy groups -OCH3 is 1. The summed E-state index contributed by atoms with van der Waals surface area (Å²) in [7, 11) is 1.67. The van der Waals surface area contributed by atoms with Crippen molar-refractivity contribution in [2.24, 2.45) is 0 Å². The van der Waals surface area contributed by atoms with E-state index >= 15 is 0 Å². The highest BCUT2D eigenvalue weighted by Gasteiger charge is 2.39. The predicted octanol–water partition coefficient (Wildman–Crippen LogP) is 2.61. The monoisotopic (exact) mass is 222 g/mol. The molecular weight excluding hydrogens is 204 g/mol. The third-order valence-corrected chi connectivity index (χ3v) is 2.98. The lowest BCUT2D eigenvalue weighted by Gasteiger charge is -2.28. The summed E-state index contributed by atoms with van der Waals surface area (Å²) in [5, 5.41) is 0. The maximum atomic E-state index is 5.77. The van der Waals surface area contributed by atoms with E-state index in [1.165, 1.54) is 5.56 Å². The van der Waals surface area contributed by atoms with E-state index < -0.39 is 5.79 Å². The molecule has 0 bridgehead atoms. The molecule has 3 heteroatoms. The van der Waals surface area contributed by atoms with Gasteiger partial charge in [0.15, 0.2) is 5.79 Å². The lowest BCUT2D eigenvalue weighted by molar-refractivity contribution is -0.168. The van der Waals surface area contributed by atoms with Crippen molar-refractivity contribution >= 4 is 0 Å². The Hall–Kier alpha value is -1.06. The number of ether oxygens (including phenoxy) is 3. The second-order valence-electron chi connectivity index (χ2n) is 4.01. The van der Waals surface area contributed by atoms with E-state index in [4.69, 9.17) is 14.2 Å². The van der Waals surface area contributed by atoms with E-state index in [0.29, 0.717) is 13.2 Å². The Kier molecular flexibility index (Phi) is 3.17. The van der Waals surface area contributed by atoms with Crippen LogP contribution in [0.1, 0.15) is 24.5 Å². The minimum absolute atomic E-state index is 0.614. The summed E-state index contributed by atoms with van der Waals surface area (Å²) in [4.78, 5) is 0. The third-order valence-electron chi connectivity index (χ3n) is 2.98. The highest BCUT2D eigenvalue weighted by molar-refractivity contribution is 5.40. The van der Waals surface area contributed by atoms with Crippen molar-refractivity contribution in [2.75, 3.05) is 20.3 Å². The van der Waals surface area contributed by atoms with Crippen molar-refractivity contribution in [1.82, 2.24) is 0 Å². The quantitative estimate of drug-likeness (QED) is 0.786. The van der Waals surface area contributed by atoms with Gasteiger partial charge >= 0.3 is 0 Å². The summed E-state index contributed by atoms with van der Waals surface area (Å²) in [6.45, 7) is 5.41. The molecule has 1 fully saturated rings. The fourth-order valence-electron chi connectivity index (χ4n) is 2.12. The van der Waals surface area contributed by atoms with Gasteiger partial charge in [-0.1, -0.05) is 18.6 Å². The van der Waals surface area contributed by atoms with Crippen LogP contribution in [-0.2, 0) is 15.3 Å². The molecule has 1 heterocycles. The normalized spacial score (nSPS) is 18.7. The second kappa shape index (κ2) is 4.44. The standard InChI is InChI=1S/C13H18O3/c1-4-13(15-7-8-16-13)11-9-10(2)5-6-12(11)14-3/h5-6,9H,4,7-8H2,1-3H3. The molecule has 0 aromatic heterocycles. The van der Waals surface area contributed by atoms with Crippen LogP contribution in [0, 0.1) is 6.92 Å². The van der Waals surface area contributed by atoms with E-state index in [2.05, 4.69) is 19.9 Å². The van der Waals surface area contributed by atoms with Gasteiger partial charge in [-0.05, 0) is 19.1 Å². The Morgan fingerprint density at radius 1 is 1.31 bits per heavy atom. The van der Waals surface area contributed by atoms with Crippen LogP contribution in [0.4, 0.5) is 0 Å². The Labute approximate surface area is 96.3 Å². The average Bonchev–Trinajstić information content (AvgIpc) is 2.78. The fourth-order valence-corrected chi connectivity index (χ4v) is 2.12. The van der Waals surface area contributed by atoms with Crippen LogP contribution < -0.4 is 4.74 Å². The van der Waals surface area contributed by atoms with Crippen molar-refractivity contribution in [1.29, 1.82) is 0 Å². The molecule has 0 atom stereocenters.